The van der Waals surface area contributed by atoms with Gasteiger partial charge in [-0.1, -0.05) is 35.9 Å². The summed E-state index contributed by atoms with van der Waals surface area (Å²) >= 11 is 6.25. The molecule has 0 radical (unpaired) electrons. The van der Waals surface area contributed by atoms with Crippen LogP contribution in [-0.4, -0.2) is 30.4 Å². The Morgan fingerprint density at radius 1 is 0.971 bits per heavy atom. The number of nitrogens with one attached hydrogen (secondary N) is 3. The summed E-state index contributed by atoms with van der Waals surface area (Å²) in [6.45, 7) is 4.31. The van der Waals surface area contributed by atoms with Gasteiger partial charge in [-0.3, -0.25) is 9.59 Å². The lowest BCUT2D eigenvalue weighted by Crippen LogP contribution is -2.25. The molecule has 0 unspecified atom stereocenters. The maximum absolute atomic E-state index is 14.2. The van der Waals surface area contributed by atoms with E-state index in [1.165, 1.54) is 6.07 Å². The summed E-state index contributed by atoms with van der Waals surface area (Å²) in [5, 5.41) is 6.75. The summed E-state index contributed by atoms with van der Waals surface area (Å²) in [6.07, 6.45) is 0.593. The molecule has 34 heavy (non-hydrogen) atoms. The van der Waals surface area contributed by atoms with Gasteiger partial charge >= 0.3 is 0 Å². The van der Waals surface area contributed by atoms with Gasteiger partial charge in [-0.25, -0.2) is 4.39 Å². The molecule has 7 heteroatoms. The number of hydrogen-bond acceptors (Lipinski definition) is 2. The van der Waals surface area contributed by atoms with E-state index in [1.807, 2.05) is 32.0 Å². The van der Waals surface area contributed by atoms with Crippen LogP contribution in [0.2, 0.25) is 5.02 Å². The fraction of sp³-hybridized carbons (Fsp3) is 0.185. The number of carbonyl (C=O) groups excluding carboxylic acids is 2. The van der Waals surface area contributed by atoms with Crippen LogP contribution < -0.4 is 10.6 Å². The first-order valence-corrected chi connectivity index (χ1v) is 11.3. The zero-order valence-corrected chi connectivity index (χ0v) is 19.9. The molecule has 0 spiro atoms. The first kappa shape index (κ1) is 23.5. The molecule has 0 atom stereocenters. The minimum absolute atomic E-state index is 0.181. The summed E-state index contributed by atoms with van der Waals surface area (Å²) < 4.78 is 14.2. The third-order valence-electron chi connectivity index (χ3n) is 6.01. The highest BCUT2D eigenvalue weighted by Gasteiger charge is 2.15. The van der Waals surface area contributed by atoms with Crippen molar-refractivity contribution in [2.45, 2.75) is 20.3 Å². The molecule has 3 aromatic carbocycles. The summed E-state index contributed by atoms with van der Waals surface area (Å²) in [5.41, 5.74) is 6.11. The second kappa shape index (κ2) is 9.69. The Morgan fingerprint density at radius 2 is 1.68 bits per heavy atom. The third kappa shape index (κ3) is 4.54. The molecule has 174 valence electrons. The number of benzene rings is 3. The van der Waals surface area contributed by atoms with Gasteiger partial charge in [0, 0.05) is 30.2 Å². The lowest BCUT2D eigenvalue weighted by molar-refractivity contribution is 0.0949. The molecule has 3 N–H and O–H groups in total. The molecule has 0 saturated heterocycles. The largest absolute Gasteiger partial charge is 0.356 e. The standard InChI is InChI=1S/C27H25ClFN3O2/c1-15-4-11-23(29)25-24(15)20(16(2)32-25)12-13-31-26(33)18-7-5-17(6-8-18)19-9-10-21(22(28)14-19)27(34)30-3/h4-11,14,32H,12-13H2,1-3H3,(H,30,34)(H,31,33). The lowest BCUT2D eigenvalue weighted by Gasteiger charge is -2.09. The first-order chi connectivity index (χ1) is 16.3. The van der Waals surface area contributed by atoms with Crippen LogP contribution in [0.25, 0.3) is 22.0 Å². The van der Waals surface area contributed by atoms with E-state index in [0.717, 1.165) is 33.3 Å². The van der Waals surface area contributed by atoms with E-state index >= 15 is 0 Å². The van der Waals surface area contributed by atoms with Gasteiger partial charge in [0.05, 0.1) is 16.1 Å². The maximum atomic E-state index is 14.2. The molecule has 0 aliphatic heterocycles. The minimum Gasteiger partial charge on any atom is -0.356 e. The molecule has 2 amide bonds. The Bertz CT molecular complexity index is 1390. The second-order valence-corrected chi connectivity index (χ2v) is 8.61. The van der Waals surface area contributed by atoms with Crippen molar-refractivity contribution < 1.29 is 14.0 Å². The van der Waals surface area contributed by atoms with Gasteiger partial charge < -0.3 is 15.6 Å². The van der Waals surface area contributed by atoms with Gasteiger partial charge in [-0.15, -0.1) is 0 Å². The number of amides is 2. The van der Waals surface area contributed by atoms with E-state index in [9.17, 15) is 14.0 Å². The van der Waals surface area contributed by atoms with Gasteiger partial charge in [0.15, 0.2) is 0 Å². The molecule has 0 fully saturated rings. The summed E-state index contributed by atoms with van der Waals surface area (Å²) in [6, 6.07) is 15.7. The smallest absolute Gasteiger partial charge is 0.252 e. The van der Waals surface area contributed by atoms with Crippen molar-refractivity contribution in [3.63, 3.8) is 0 Å². The monoisotopic (exact) mass is 477 g/mol. The molecule has 1 heterocycles. The van der Waals surface area contributed by atoms with Gasteiger partial charge in [0.1, 0.15) is 5.82 Å². The maximum Gasteiger partial charge on any atom is 0.252 e. The van der Waals surface area contributed by atoms with Crippen molar-refractivity contribution in [2.75, 3.05) is 13.6 Å². The predicted octanol–water partition coefficient (Wildman–Crippen LogP) is 5.58. The number of fused-ring (bicyclic) bond motifs is 1. The van der Waals surface area contributed by atoms with Crippen LogP contribution in [0.3, 0.4) is 0 Å². The molecular formula is C27H25ClFN3O2. The Hall–Kier alpha value is -3.64. The van der Waals surface area contributed by atoms with Gasteiger partial charge in [0.25, 0.3) is 11.8 Å². The Labute approximate surface area is 202 Å². The zero-order chi connectivity index (χ0) is 24.4. The predicted molar refractivity (Wildman–Crippen MR) is 134 cm³/mol. The average Bonchev–Trinajstić information content (AvgIpc) is 3.18. The molecule has 0 saturated carbocycles. The van der Waals surface area contributed by atoms with Crippen LogP contribution in [0.1, 0.15) is 37.5 Å². The van der Waals surface area contributed by atoms with Crippen LogP contribution >= 0.6 is 11.6 Å². The number of aromatic amines is 1. The highest BCUT2D eigenvalue weighted by molar-refractivity contribution is 6.34. The van der Waals surface area contributed by atoms with Crippen molar-refractivity contribution in [2.24, 2.45) is 0 Å². The van der Waals surface area contributed by atoms with Gasteiger partial charge in [-0.2, -0.15) is 0 Å². The highest BCUT2D eigenvalue weighted by atomic mass is 35.5. The number of aromatic nitrogens is 1. The fourth-order valence-corrected chi connectivity index (χ4v) is 4.45. The van der Waals surface area contributed by atoms with Crippen LogP contribution in [0.15, 0.2) is 54.6 Å². The normalized spacial score (nSPS) is 11.0. The quantitative estimate of drug-likeness (QED) is 0.339. The number of rotatable bonds is 6. The zero-order valence-electron chi connectivity index (χ0n) is 19.2. The average molecular weight is 478 g/mol. The fourth-order valence-electron chi connectivity index (χ4n) is 4.19. The van der Waals surface area contributed by atoms with Crippen LogP contribution in [-0.2, 0) is 6.42 Å². The van der Waals surface area contributed by atoms with E-state index in [4.69, 9.17) is 11.6 Å². The SMILES string of the molecule is CNC(=O)c1ccc(-c2ccc(C(=O)NCCc3c(C)[nH]c4c(F)ccc(C)c34)cc2)cc1Cl. The van der Waals surface area contributed by atoms with Crippen LogP contribution in [0, 0.1) is 19.7 Å². The summed E-state index contributed by atoms with van der Waals surface area (Å²) in [5.74, 6) is -0.699. The molecule has 5 nitrogen and oxygen atoms in total. The van der Waals surface area contributed by atoms with Crippen molar-refractivity contribution in [1.29, 1.82) is 0 Å². The summed E-state index contributed by atoms with van der Waals surface area (Å²) in [7, 11) is 1.55. The van der Waals surface area contributed by atoms with Gasteiger partial charge in [-0.05, 0) is 72.9 Å². The number of halogens is 2. The van der Waals surface area contributed by atoms with E-state index < -0.39 is 0 Å². The third-order valence-corrected chi connectivity index (χ3v) is 6.32. The number of hydrogen-bond donors (Lipinski definition) is 3. The topological polar surface area (TPSA) is 74.0 Å². The highest BCUT2D eigenvalue weighted by Crippen LogP contribution is 2.28. The van der Waals surface area contributed by atoms with Crippen LogP contribution in [0.4, 0.5) is 4.39 Å². The minimum atomic E-state index is -0.274. The van der Waals surface area contributed by atoms with Gasteiger partial charge in [0.2, 0.25) is 0 Å². The molecule has 0 aliphatic rings. The number of carbonyl (C=O) groups is 2. The van der Waals surface area contributed by atoms with E-state index in [2.05, 4.69) is 15.6 Å². The Morgan fingerprint density at radius 3 is 2.35 bits per heavy atom. The Balaban J connectivity index is 1.43. The molecule has 1 aromatic heterocycles. The van der Waals surface area contributed by atoms with E-state index in [0.29, 0.717) is 34.6 Å². The number of H-pyrrole nitrogens is 1. The van der Waals surface area contributed by atoms with Crippen molar-refractivity contribution in [3.8, 4) is 11.1 Å². The van der Waals surface area contributed by atoms with Crippen molar-refractivity contribution in [3.05, 3.63) is 93.4 Å². The lowest BCUT2D eigenvalue weighted by atomic mass is 10.0. The first-order valence-electron chi connectivity index (χ1n) is 11.0. The Kier molecular flexibility index (Phi) is 6.70. The van der Waals surface area contributed by atoms with Crippen LogP contribution in [0.5, 0.6) is 0 Å². The molecule has 0 aliphatic carbocycles. The van der Waals surface area contributed by atoms with Crippen molar-refractivity contribution in [1.82, 2.24) is 15.6 Å². The van der Waals surface area contributed by atoms with E-state index in [-0.39, 0.29) is 17.6 Å². The number of aryl methyl sites for hydroxylation is 2. The summed E-state index contributed by atoms with van der Waals surface area (Å²) in [4.78, 5) is 27.6. The molecular weight excluding hydrogens is 453 g/mol. The van der Waals surface area contributed by atoms with E-state index in [1.54, 1.807) is 37.4 Å². The van der Waals surface area contributed by atoms with Crippen molar-refractivity contribution >= 4 is 34.3 Å². The second-order valence-electron chi connectivity index (χ2n) is 8.20. The molecule has 4 aromatic rings. The molecule has 4 rings (SSSR count). The molecule has 0 bridgehead atoms.